The van der Waals surface area contributed by atoms with Crippen molar-refractivity contribution in [1.29, 1.82) is 0 Å². The molecule has 174 valence electrons. The average Bonchev–Trinajstić information content (AvgIpc) is 2.80. The van der Waals surface area contributed by atoms with Crippen LogP contribution in [0, 0.1) is 36.3 Å². The quantitative estimate of drug-likeness (QED) is 0.418. The normalized spacial score (nSPS) is 26.1. The molecule has 0 unspecified atom stereocenters. The summed E-state index contributed by atoms with van der Waals surface area (Å²) in [5.41, 5.74) is 2.85. The second-order valence-corrected chi connectivity index (χ2v) is 10.3. The van der Waals surface area contributed by atoms with Gasteiger partial charge < -0.3 is 4.74 Å². The highest BCUT2D eigenvalue weighted by atomic mass is 19.1. The van der Waals surface area contributed by atoms with Crippen molar-refractivity contribution in [3.63, 3.8) is 0 Å². The molecule has 2 aliphatic rings. The van der Waals surface area contributed by atoms with Crippen LogP contribution in [0.1, 0.15) is 93.7 Å². The van der Waals surface area contributed by atoms with E-state index in [0.29, 0.717) is 0 Å². The Hall–Kier alpha value is -1.90. The third kappa shape index (κ3) is 5.71. The lowest BCUT2D eigenvalue weighted by atomic mass is 9.68. The van der Waals surface area contributed by atoms with Gasteiger partial charge in [0.1, 0.15) is 6.61 Å². The fourth-order valence-corrected chi connectivity index (χ4v) is 6.07. The maximum atomic E-state index is 14.7. The van der Waals surface area contributed by atoms with E-state index >= 15 is 0 Å². The topological polar surface area (TPSA) is 9.23 Å². The highest BCUT2D eigenvalue weighted by Gasteiger charge is 2.31. The monoisotopic (exact) mass is 440 g/mol. The summed E-state index contributed by atoms with van der Waals surface area (Å²) in [6.45, 7) is 4.47. The highest BCUT2D eigenvalue weighted by molar-refractivity contribution is 5.34. The molecule has 0 aliphatic heterocycles. The lowest BCUT2D eigenvalue weighted by Gasteiger charge is -2.38. The Morgan fingerprint density at radius 1 is 0.812 bits per heavy atom. The van der Waals surface area contributed by atoms with Crippen molar-refractivity contribution < 1.29 is 13.5 Å². The number of hydrogen-bond donors (Lipinski definition) is 0. The average molecular weight is 441 g/mol. The van der Waals surface area contributed by atoms with Crippen LogP contribution < -0.4 is 4.74 Å². The predicted molar refractivity (Wildman–Crippen MR) is 127 cm³/mol. The van der Waals surface area contributed by atoms with Crippen LogP contribution >= 0.6 is 0 Å². The van der Waals surface area contributed by atoms with E-state index in [1.807, 2.05) is 31.2 Å². The van der Waals surface area contributed by atoms with E-state index in [-0.39, 0.29) is 18.3 Å². The molecule has 4 rings (SSSR count). The van der Waals surface area contributed by atoms with Crippen molar-refractivity contribution in [3.05, 3.63) is 64.7 Å². The van der Waals surface area contributed by atoms with Crippen molar-refractivity contribution >= 4 is 0 Å². The lowest BCUT2D eigenvalue weighted by molar-refractivity contribution is 0.156. The van der Waals surface area contributed by atoms with Gasteiger partial charge >= 0.3 is 0 Å². The Morgan fingerprint density at radius 3 is 1.94 bits per heavy atom. The van der Waals surface area contributed by atoms with Gasteiger partial charge in [0.15, 0.2) is 17.4 Å². The molecule has 0 atom stereocenters. The number of hydrogen-bond acceptors (Lipinski definition) is 1. The van der Waals surface area contributed by atoms with Crippen molar-refractivity contribution in [2.24, 2.45) is 17.8 Å². The standard InChI is InChI=1S/C29H38F2O/c1-3-4-21-9-11-23(12-10-21)24-13-15-25(16-14-24)26-17-27(30)29(28(31)18-26)32-19-22-7-5-20(2)6-8-22/h5-8,17-18,21,23-25H,3-4,9-16,19H2,1-2H3. The molecule has 0 aromatic heterocycles. The minimum Gasteiger partial charge on any atom is -0.483 e. The first kappa shape index (κ1) is 23.3. The second kappa shape index (κ2) is 10.8. The molecule has 0 radical (unpaired) electrons. The minimum atomic E-state index is -0.580. The van der Waals surface area contributed by atoms with Crippen molar-refractivity contribution in [2.45, 2.75) is 90.6 Å². The maximum Gasteiger partial charge on any atom is 0.191 e. The van der Waals surface area contributed by atoms with Crippen LogP contribution in [0.4, 0.5) is 8.78 Å². The Kier molecular flexibility index (Phi) is 7.86. The molecule has 0 N–H and O–H groups in total. The zero-order chi connectivity index (χ0) is 22.5. The van der Waals surface area contributed by atoms with Gasteiger partial charge in [-0.3, -0.25) is 0 Å². The Labute approximate surface area is 192 Å². The van der Waals surface area contributed by atoms with Gasteiger partial charge in [0.05, 0.1) is 0 Å². The highest BCUT2D eigenvalue weighted by Crippen LogP contribution is 2.45. The molecular weight excluding hydrogens is 402 g/mol. The van der Waals surface area contributed by atoms with Gasteiger partial charge in [0.25, 0.3) is 0 Å². The fourth-order valence-electron chi connectivity index (χ4n) is 6.07. The van der Waals surface area contributed by atoms with E-state index in [2.05, 4.69) is 6.92 Å². The van der Waals surface area contributed by atoms with Crippen LogP contribution in [0.15, 0.2) is 36.4 Å². The molecule has 3 heteroatoms. The third-order valence-corrected chi connectivity index (χ3v) is 8.02. The summed E-state index contributed by atoms with van der Waals surface area (Å²) in [5, 5.41) is 0. The molecule has 2 aromatic carbocycles. The van der Waals surface area contributed by atoms with Gasteiger partial charge in [-0.2, -0.15) is 0 Å². The molecular formula is C29H38F2O. The summed E-state index contributed by atoms with van der Waals surface area (Å²) in [5.74, 6) is 1.47. The van der Waals surface area contributed by atoms with Crippen LogP contribution in [0.25, 0.3) is 0 Å². The number of benzene rings is 2. The first-order chi connectivity index (χ1) is 15.5. The molecule has 2 saturated carbocycles. The van der Waals surface area contributed by atoms with Crippen LogP contribution in [-0.2, 0) is 6.61 Å². The van der Waals surface area contributed by atoms with E-state index < -0.39 is 11.6 Å². The number of halogens is 2. The molecule has 0 heterocycles. The van der Waals surface area contributed by atoms with E-state index in [0.717, 1.165) is 47.3 Å². The molecule has 2 aliphatic carbocycles. The molecule has 32 heavy (non-hydrogen) atoms. The van der Waals surface area contributed by atoms with Gasteiger partial charge in [-0.15, -0.1) is 0 Å². The zero-order valence-electron chi connectivity index (χ0n) is 19.7. The summed E-state index contributed by atoms with van der Waals surface area (Å²) in [7, 11) is 0. The summed E-state index contributed by atoms with van der Waals surface area (Å²) in [6, 6.07) is 10.8. The fraction of sp³-hybridized carbons (Fsp3) is 0.586. The van der Waals surface area contributed by atoms with E-state index in [1.54, 1.807) is 0 Å². The first-order valence-corrected chi connectivity index (χ1v) is 12.7. The largest absolute Gasteiger partial charge is 0.483 e. The lowest BCUT2D eigenvalue weighted by Crippen LogP contribution is -2.25. The van der Waals surface area contributed by atoms with Crippen LogP contribution in [-0.4, -0.2) is 0 Å². The van der Waals surface area contributed by atoms with E-state index in [1.165, 1.54) is 63.5 Å². The Morgan fingerprint density at radius 2 is 1.38 bits per heavy atom. The van der Waals surface area contributed by atoms with Crippen molar-refractivity contribution in [3.8, 4) is 5.75 Å². The summed E-state index contributed by atoms with van der Waals surface area (Å²) in [6.07, 6.45) is 12.8. The number of rotatable bonds is 7. The smallest absolute Gasteiger partial charge is 0.191 e. The summed E-state index contributed by atoms with van der Waals surface area (Å²) in [4.78, 5) is 0. The van der Waals surface area contributed by atoms with E-state index in [9.17, 15) is 8.78 Å². The first-order valence-electron chi connectivity index (χ1n) is 12.7. The second-order valence-electron chi connectivity index (χ2n) is 10.3. The van der Waals surface area contributed by atoms with Gasteiger partial charge in [0, 0.05) is 0 Å². The molecule has 1 nitrogen and oxygen atoms in total. The Balaban J connectivity index is 1.31. The number of ether oxygens (including phenoxy) is 1. The Bertz CT molecular complexity index is 836. The van der Waals surface area contributed by atoms with Crippen molar-refractivity contribution in [2.75, 3.05) is 0 Å². The SMILES string of the molecule is CCCC1CCC(C2CCC(c3cc(F)c(OCc4ccc(C)cc4)c(F)c3)CC2)CC1. The third-order valence-electron chi connectivity index (χ3n) is 8.02. The maximum absolute atomic E-state index is 14.7. The van der Waals surface area contributed by atoms with Crippen LogP contribution in [0.3, 0.4) is 0 Å². The minimum absolute atomic E-state index is 0.166. The van der Waals surface area contributed by atoms with Gasteiger partial charge in [-0.05, 0) is 92.4 Å². The molecule has 2 fully saturated rings. The van der Waals surface area contributed by atoms with Crippen LogP contribution in [0.2, 0.25) is 0 Å². The molecule has 2 aromatic rings. The van der Waals surface area contributed by atoms with Crippen LogP contribution in [0.5, 0.6) is 5.75 Å². The molecule has 0 saturated heterocycles. The predicted octanol–water partition coefficient (Wildman–Crippen LogP) is 8.73. The summed E-state index contributed by atoms with van der Waals surface area (Å²) >= 11 is 0. The molecule has 0 bridgehead atoms. The number of aryl methyl sites for hydroxylation is 1. The summed E-state index contributed by atoms with van der Waals surface area (Å²) < 4.78 is 35.0. The van der Waals surface area contributed by atoms with Crippen molar-refractivity contribution in [1.82, 2.24) is 0 Å². The molecule has 0 spiro atoms. The van der Waals surface area contributed by atoms with Gasteiger partial charge in [-0.25, -0.2) is 8.78 Å². The van der Waals surface area contributed by atoms with Gasteiger partial charge in [-0.1, -0.05) is 62.4 Å². The molecule has 0 amide bonds. The van der Waals surface area contributed by atoms with E-state index in [4.69, 9.17) is 4.74 Å². The van der Waals surface area contributed by atoms with Gasteiger partial charge in [0.2, 0.25) is 0 Å². The zero-order valence-corrected chi connectivity index (χ0v) is 19.7.